The normalized spacial score (nSPS) is 21.9. The monoisotopic (exact) mass is 257 g/mol. The van der Waals surface area contributed by atoms with E-state index in [1.54, 1.807) is 6.92 Å². The first kappa shape index (κ1) is 12.5. The maximum absolute atomic E-state index is 9.56. The van der Waals surface area contributed by atoms with Crippen LogP contribution >= 0.6 is 11.6 Å². The van der Waals surface area contributed by atoms with E-state index in [1.165, 1.54) is 6.33 Å². The molecule has 94 valence electrons. The van der Waals surface area contributed by atoms with Crippen molar-refractivity contribution in [1.29, 1.82) is 0 Å². The number of aromatic nitrogens is 2. The highest BCUT2D eigenvalue weighted by Gasteiger charge is 2.28. The van der Waals surface area contributed by atoms with E-state index in [4.69, 9.17) is 11.6 Å². The Morgan fingerprint density at radius 1 is 1.59 bits per heavy atom. The van der Waals surface area contributed by atoms with Gasteiger partial charge >= 0.3 is 0 Å². The van der Waals surface area contributed by atoms with Crippen LogP contribution in [-0.2, 0) is 6.61 Å². The zero-order valence-electron chi connectivity index (χ0n) is 9.67. The minimum absolute atomic E-state index is 0.176. The van der Waals surface area contributed by atoms with Crippen molar-refractivity contribution in [3.63, 3.8) is 0 Å². The summed E-state index contributed by atoms with van der Waals surface area (Å²) in [7, 11) is 0. The van der Waals surface area contributed by atoms with Gasteiger partial charge in [0.2, 0.25) is 0 Å². The molecule has 0 bridgehead atoms. The summed E-state index contributed by atoms with van der Waals surface area (Å²) in [6, 6.07) is 0. The Balaban J connectivity index is 2.21. The van der Waals surface area contributed by atoms with Gasteiger partial charge in [-0.05, 0) is 13.3 Å². The highest BCUT2D eigenvalue weighted by atomic mass is 35.5. The molecule has 2 rings (SSSR count). The molecule has 1 aromatic heterocycles. The zero-order valence-corrected chi connectivity index (χ0v) is 10.4. The van der Waals surface area contributed by atoms with E-state index < -0.39 is 0 Å². The number of hydrogen-bond acceptors (Lipinski definition) is 5. The van der Waals surface area contributed by atoms with E-state index in [9.17, 15) is 10.2 Å². The summed E-state index contributed by atoms with van der Waals surface area (Å²) in [6.07, 6.45) is 1.99. The summed E-state index contributed by atoms with van der Waals surface area (Å²) >= 11 is 5.92. The Kier molecular flexibility index (Phi) is 3.81. The van der Waals surface area contributed by atoms with Crippen LogP contribution in [0.15, 0.2) is 6.33 Å². The van der Waals surface area contributed by atoms with Crippen molar-refractivity contribution in [2.45, 2.75) is 26.1 Å². The summed E-state index contributed by atoms with van der Waals surface area (Å²) in [6.45, 7) is 3.17. The molecule has 0 aromatic carbocycles. The molecule has 0 amide bonds. The van der Waals surface area contributed by atoms with Crippen molar-refractivity contribution in [3.05, 3.63) is 17.0 Å². The third-order valence-corrected chi connectivity index (χ3v) is 3.56. The van der Waals surface area contributed by atoms with Gasteiger partial charge in [0.25, 0.3) is 0 Å². The molecule has 0 aliphatic carbocycles. The van der Waals surface area contributed by atoms with Gasteiger partial charge < -0.3 is 15.1 Å². The lowest BCUT2D eigenvalue weighted by atomic mass is 10.0. The molecule has 5 nitrogen and oxygen atoms in total. The summed E-state index contributed by atoms with van der Waals surface area (Å²) in [5.74, 6) is 0.922. The molecule has 6 heteroatoms. The number of nitrogens with zero attached hydrogens (tertiary/aromatic N) is 3. The van der Waals surface area contributed by atoms with E-state index in [0.29, 0.717) is 11.4 Å². The molecule has 1 fully saturated rings. The molecule has 0 spiro atoms. The highest BCUT2D eigenvalue weighted by Crippen LogP contribution is 2.29. The topological polar surface area (TPSA) is 69.5 Å². The van der Waals surface area contributed by atoms with Crippen LogP contribution in [0.4, 0.5) is 5.82 Å². The summed E-state index contributed by atoms with van der Waals surface area (Å²) in [5.41, 5.74) is 0.556. The van der Waals surface area contributed by atoms with Crippen LogP contribution in [0.2, 0.25) is 5.15 Å². The van der Waals surface area contributed by atoms with Crippen LogP contribution in [0.25, 0.3) is 0 Å². The standard InChI is InChI=1S/C11H16ClN3O2/c1-7(17)8-2-3-15(4-8)11-9(5-16)10(12)13-6-14-11/h6-8,16-17H,2-5H2,1H3. The van der Waals surface area contributed by atoms with Gasteiger partial charge in [-0.15, -0.1) is 0 Å². The van der Waals surface area contributed by atoms with Gasteiger partial charge in [0.05, 0.1) is 18.3 Å². The highest BCUT2D eigenvalue weighted by molar-refractivity contribution is 6.30. The van der Waals surface area contributed by atoms with Crippen LogP contribution in [0.5, 0.6) is 0 Å². The van der Waals surface area contributed by atoms with Gasteiger partial charge in [-0.1, -0.05) is 11.6 Å². The van der Waals surface area contributed by atoms with Crippen molar-refractivity contribution in [2.24, 2.45) is 5.92 Å². The van der Waals surface area contributed by atoms with Gasteiger partial charge in [-0.3, -0.25) is 0 Å². The first-order chi connectivity index (χ1) is 8.13. The van der Waals surface area contributed by atoms with Gasteiger partial charge in [0.15, 0.2) is 0 Å². The lowest BCUT2D eigenvalue weighted by molar-refractivity contribution is 0.136. The molecule has 2 N–H and O–H groups in total. The fraction of sp³-hybridized carbons (Fsp3) is 0.636. The van der Waals surface area contributed by atoms with Gasteiger partial charge in [0, 0.05) is 19.0 Å². The quantitative estimate of drug-likeness (QED) is 0.785. The second-order valence-electron chi connectivity index (χ2n) is 4.36. The fourth-order valence-corrected chi connectivity index (χ4v) is 2.35. The van der Waals surface area contributed by atoms with E-state index >= 15 is 0 Å². The zero-order chi connectivity index (χ0) is 12.4. The van der Waals surface area contributed by atoms with Crippen molar-refractivity contribution < 1.29 is 10.2 Å². The predicted molar refractivity (Wildman–Crippen MR) is 65.0 cm³/mol. The Labute approximate surface area is 105 Å². The van der Waals surface area contributed by atoms with Gasteiger partial charge in [-0.2, -0.15) is 0 Å². The smallest absolute Gasteiger partial charge is 0.140 e. The van der Waals surface area contributed by atoms with Crippen LogP contribution in [0.3, 0.4) is 0 Å². The second kappa shape index (κ2) is 5.16. The van der Waals surface area contributed by atoms with Gasteiger partial charge in [0.1, 0.15) is 17.3 Å². The first-order valence-corrected chi connectivity index (χ1v) is 6.04. The predicted octanol–water partition coefficient (Wildman–Crippen LogP) is 0.829. The molecule has 0 radical (unpaired) electrons. The molecule has 1 saturated heterocycles. The minimum Gasteiger partial charge on any atom is -0.393 e. The fourth-order valence-electron chi connectivity index (χ4n) is 2.16. The number of aliphatic hydroxyl groups excluding tert-OH is 2. The molecule has 2 atom stereocenters. The minimum atomic E-state index is -0.324. The largest absolute Gasteiger partial charge is 0.393 e. The molecule has 2 unspecified atom stereocenters. The molecule has 2 heterocycles. The van der Waals surface area contributed by atoms with Crippen LogP contribution in [-0.4, -0.2) is 39.4 Å². The molecule has 1 aliphatic rings. The number of halogens is 1. The van der Waals surface area contributed by atoms with Gasteiger partial charge in [-0.25, -0.2) is 9.97 Å². The van der Waals surface area contributed by atoms with Crippen molar-refractivity contribution in [1.82, 2.24) is 9.97 Å². The lowest BCUT2D eigenvalue weighted by Crippen LogP contribution is -2.25. The Morgan fingerprint density at radius 3 is 2.94 bits per heavy atom. The Bertz CT molecular complexity index is 400. The van der Waals surface area contributed by atoms with E-state index in [0.717, 1.165) is 19.5 Å². The lowest BCUT2D eigenvalue weighted by Gasteiger charge is -2.20. The molecular weight excluding hydrogens is 242 g/mol. The summed E-state index contributed by atoms with van der Waals surface area (Å²) < 4.78 is 0. The maximum Gasteiger partial charge on any atom is 0.140 e. The average molecular weight is 258 g/mol. The van der Waals surface area contributed by atoms with Crippen LogP contribution in [0, 0.1) is 5.92 Å². The molecule has 17 heavy (non-hydrogen) atoms. The summed E-state index contributed by atoms with van der Waals surface area (Å²) in [5, 5.41) is 19.1. The number of hydrogen-bond donors (Lipinski definition) is 2. The Hall–Kier alpha value is -0.910. The first-order valence-electron chi connectivity index (χ1n) is 5.66. The van der Waals surface area contributed by atoms with Crippen LogP contribution in [0.1, 0.15) is 18.9 Å². The third-order valence-electron chi connectivity index (χ3n) is 3.23. The second-order valence-corrected chi connectivity index (χ2v) is 4.72. The number of rotatable bonds is 3. The average Bonchev–Trinajstić information content (AvgIpc) is 2.77. The molecule has 0 saturated carbocycles. The molecule has 1 aliphatic heterocycles. The Morgan fingerprint density at radius 2 is 2.35 bits per heavy atom. The third kappa shape index (κ3) is 2.51. The van der Waals surface area contributed by atoms with E-state index in [-0.39, 0.29) is 23.8 Å². The SMILES string of the molecule is CC(O)C1CCN(c2ncnc(Cl)c2CO)C1. The van der Waals surface area contributed by atoms with Crippen molar-refractivity contribution in [3.8, 4) is 0 Å². The van der Waals surface area contributed by atoms with Crippen molar-refractivity contribution in [2.75, 3.05) is 18.0 Å². The number of aliphatic hydroxyl groups is 2. The maximum atomic E-state index is 9.56. The number of anilines is 1. The van der Waals surface area contributed by atoms with Crippen molar-refractivity contribution >= 4 is 17.4 Å². The molecule has 1 aromatic rings. The van der Waals surface area contributed by atoms with Crippen LogP contribution < -0.4 is 4.90 Å². The van der Waals surface area contributed by atoms with E-state index in [1.807, 2.05) is 4.90 Å². The summed E-state index contributed by atoms with van der Waals surface area (Å²) in [4.78, 5) is 10.1. The van der Waals surface area contributed by atoms with E-state index in [2.05, 4.69) is 9.97 Å². The molecular formula is C11H16ClN3O2.